The van der Waals surface area contributed by atoms with Gasteiger partial charge in [-0.25, -0.2) is 0 Å². The number of aliphatic hydroxyl groups excluding tert-OH is 1. The summed E-state index contributed by atoms with van der Waals surface area (Å²) in [7, 11) is 0. The van der Waals surface area contributed by atoms with Gasteiger partial charge in [-0.1, -0.05) is 6.42 Å². The first-order chi connectivity index (χ1) is 4.73. The van der Waals surface area contributed by atoms with Gasteiger partial charge >= 0.3 is 0 Å². The molecule has 0 aromatic rings. The molecule has 1 fully saturated rings. The molecule has 11 heavy (non-hydrogen) atoms. The van der Waals surface area contributed by atoms with Gasteiger partial charge in [0.25, 0.3) is 0 Å². The molecule has 0 unspecified atom stereocenters. The van der Waals surface area contributed by atoms with E-state index in [4.69, 9.17) is 5.11 Å². The summed E-state index contributed by atoms with van der Waals surface area (Å²) in [6, 6.07) is 0. The topological polar surface area (TPSA) is 63.8 Å². The fraction of sp³-hybridized carbons (Fsp3) is 1.00. The molecule has 3 heteroatoms. The minimum Gasteiger partial charge on any atom is -0.412 e. The first-order valence-electron chi connectivity index (χ1n) is 4.12. The Hall–Kier alpha value is -0.120. The lowest BCUT2D eigenvalue weighted by Crippen LogP contribution is -2.21. The Morgan fingerprint density at radius 3 is 1.55 bits per heavy atom. The van der Waals surface area contributed by atoms with Crippen LogP contribution in [0.4, 0.5) is 0 Å². The zero-order valence-electron chi connectivity index (χ0n) is 7.56. The number of aliphatic hydroxyl groups is 1. The number of rotatable bonds is 0. The molecule has 0 aromatic heterocycles. The Bertz CT molecular complexity index is 48.8. The molecule has 1 aliphatic rings. The molecule has 0 aromatic carbocycles. The summed E-state index contributed by atoms with van der Waals surface area (Å²) in [5, 5.41) is 11.3. The number of nitrogens with one attached hydrogen (secondary N) is 1. The van der Waals surface area contributed by atoms with Crippen molar-refractivity contribution in [1.29, 1.82) is 0 Å². The summed E-state index contributed by atoms with van der Waals surface area (Å²) in [6.07, 6.45) is 4.05. The Morgan fingerprint density at radius 2 is 1.45 bits per heavy atom. The second-order valence-corrected chi connectivity index (χ2v) is 2.90. The van der Waals surface area contributed by atoms with Crippen molar-refractivity contribution in [3.63, 3.8) is 0 Å². The molecule has 4 N–H and O–H groups in total. The molecule has 0 radical (unpaired) electrons. The molecule has 0 aliphatic carbocycles. The van der Waals surface area contributed by atoms with Gasteiger partial charge in [-0.15, -0.1) is 0 Å². The quantitative estimate of drug-likeness (QED) is 0.540. The minimum atomic E-state index is -0.167. The number of piperidine rings is 1. The van der Waals surface area contributed by atoms with Gasteiger partial charge in [-0.2, -0.15) is 0 Å². The van der Waals surface area contributed by atoms with E-state index in [0.29, 0.717) is 0 Å². The Kier molecular flexibility index (Phi) is 12.1. The van der Waals surface area contributed by atoms with Gasteiger partial charge in [0.1, 0.15) is 0 Å². The predicted octanol–water partition coefficient (Wildman–Crippen LogP) is 0.322. The van der Waals surface area contributed by atoms with Crippen LogP contribution in [0.1, 0.15) is 33.1 Å². The van der Waals surface area contributed by atoms with Crippen molar-refractivity contribution >= 4 is 0 Å². The van der Waals surface area contributed by atoms with E-state index >= 15 is 0 Å². The summed E-state index contributed by atoms with van der Waals surface area (Å²) < 4.78 is 0. The van der Waals surface area contributed by atoms with E-state index in [1.165, 1.54) is 32.4 Å². The second-order valence-electron chi connectivity index (χ2n) is 2.90. The second kappa shape index (κ2) is 9.88. The van der Waals surface area contributed by atoms with Crippen molar-refractivity contribution < 1.29 is 10.6 Å². The largest absolute Gasteiger partial charge is 0.412 e. The Balaban J connectivity index is 0. The van der Waals surface area contributed by atoms with Crippen LogP contribution in [0.25, 0.3) is 0 Å². The molecular formula is C8H21NO2. The lowest BCUT2D eigenvalue weighted by molar-refractivity contribution is 0.216. The fourth-order valence-corrected chi connectivity index (χ4v) is 0.802. The van der Waals surface area contributed by atoms with Crippen molar-refractivity contribution in [2.45, 2.75) is 39.2 Å². The highest BCUT2D eigenvalue weighted by Crippen LogP contribution is 1.96. The molecular weight excluding hydrogens is 142 g/mol. The summed E-state index contributed by atoms with van der Waals surface area (Å²) >= 11 is 0. The smallest absolute Gasteiger partial charge is 0.0483 e. The van der Waals surface area contributed by atoms with E-state index in [-0.39, 0.29) is 11.6 Å². The summed E-state index contributed by atoms with van der Waals surface area (Å²) in [4.78, 5) is 0. The summed E-state index contributed by atoms with van der Waals surface area (Å²) in [5.41, 5.74) is 0. The molecule has 0 bridgehead atoms. The van der Waals surface area contributed by atoms with Crippen molar-refractivity contribution in [1.82, 2.24) is 5.32 Å². The van der Waals surface area contributed by atoms with Gasteiger partial charge in [0, 0.05) is 6.10 Å². The van der Waals surface area contributed by atoms with Crippen LogP contribution in [0.3, 0.4) is 0 Å². The van der Waals surface area contributed by atoms with Crippen LogP contribution >= 0.6 is 0 Å². The third kappa shape index (κ3) is 17.7. The lowest BCUT2D eigenvalue weighted by atomic mass is 10.2. The van der Waals surface area contributed by atoms with Gasteiger partial charge < -0.3 is 15.9 Å². The summed E-state index contributed by atoms with van der Waals surface area (Å²) in [6.45, 7) is 5.94. The fourth-order valence-electron chi connectivity index (χ4n) is 0.802. The van der Waals surface area contributed by atoms with Crippen molar-refractivity contribution in [3.05, 3.63) is 0 Å². The average Bonchev–Trinajstić information content (AvgIpc) is 1.90. The first-order valence-corrected chi connectivity index (χ1v) is 4.12. The Labute approximate surface area is 69.1 Å². The highest BCUT2D eigenvalue weighted by Gasteiger charge is 1.93. The van der Waals surface area contributed by atoms with Crippen molar-refractivity contribution in [2.24, 2.45) is 0 Å². The molecule has 0 spiro atoms. The van der Waals surface area contributed by atoms with E-state index in [1.807, 2.05) is 0 Å². The van der Waals surface area contributed by atoms with E-state index in [1.54, 1.807) is 13.8 Å². The van der Waals surface area contributed by atoms with Crippen LogP contribution in [0.15, 0.2) is 0 Å². The number of hydrogen-bond donors (Lipinski definition) is 2. The van der Waals surface area contributed by atoms with Crippen LogP contribution in [0.5, 0.6) is 0 Å². The molecule has 1 heterocycles. The zero-order valence-corrected chi connectivity index (χ0v) is 7.56. The van der Waals surface area contributed by atoms with E-state index in [2.05, 4.69) is 5.32 Å². The maximum atomic E-state index is 8.06. The highest BCUT2D eigenvalue weighted by atomic mass is 16.3. The van der Waals surface area contributed by atoms with Crippen molar-refractivity contribution in [3.8, 4) is 0 Å². The van der Waals surface area contributed by atoms with Gasteiger partial charge in [-0.05, 0) is 39.8 Å². The zero-order chi connectivity index (χ0) is 7.82. The summed E-state index contributed by atoms with van der Waals surface area (Å²) in [5.74, 6) is 0. The standard InChI is InChI=1S/C5H11N.C3H8O.H2O/c1-2-4-6-5-3-1;1-3(2)4;/h6H,1-5H2;3-4H,1-2H3;1H2. The Morgan fingerprint density at radius 1 is 1.09 bits per heavy atom. The van der Waals surface area contributed by atoms with Gasteiger partial charge in [0.05, 0.1) is 0 Å². The molecule has 1 rings (SSSR count). The SMILES string of the molecule is C1CCNCC1.CC(C)O.O. The first kappa shape index (κ1) is 13.5. The van der Waals surface area contributed by atoms with Crippen LogP contribution in [0, 0.1) is 0 Å². The molecule has 0 amide bonds. The molecule has 1 saturated heterocycles. The van der Waals surface area contributed by atoms with E-state index in [0.717, 1.165) is 0 Å². The third-order valence-corrected chi connectivity index (χ3v) is 1.21. The van der Waals surface area contributed by atoms with Crippen LogP contribution in [-0.4, -0.2) is 29.8 Å². The molecule has 70 valence electrons. The third-order valence-electron chi connectivity index (χ3n) is 1.21. The minimum absolute atomic E-state index is 0. The average molecular weight is 163 g/mol. The molecule has 0 saturated carbocycles. The normalized spacial score (nSPS) is 16.4. The molecule has 0 atom stereocenters. The lowest BCUT2D eigenvalue weighted by Gasteiger charge is -2.08. The van der Waals surface area contributed by atoms with Gasteiger partial charge in [0.15, 0.2) is 0 Å². The monoisotopic (exact) mass is 163 g/mol. The van der Waals surface area contributed by atoms with E-state index < -0.39 is 0 Å². The highest BCUT2D eigenvalue weighted by molar-refractivity contribution is 4.55. The van der Waals surface area contributed by atoms with Gasteiger partial charge in [0.2, 0.25) is 0 Å². The predicted molar refractivity (Wildman–Crippen MR) is 47.7 cm³/mol. The van der Waals surface area contributed by atoms with Crippen LogP contribution in [0.2, 0.25) is 0 Å². The maximum absolute atomic E-state index is 8.06. The van der Waals surface area contributed by atoms with Gasteiger partial charge in [-0.3, -0.25) is 0 Å². The number of hydrogen-bond acceptors (Lipinski definition) is 2. The molecule has 3 nitrogen and oxygen atoms in total. The van der Waals surface area contributed by atoms with Crippen LogP contribution < -0.4 is 5.32 Å². The van der Waals surface area contributed by atoms with Crippen molar-refractivity contribution in [2.75, 3.05) is 13.1 Å². The molecule has 1 aliphatic heterocycles. The van der Waals surface area contributed by atoms with Crippen LogP contribution in [-0.2, 0) is 0 Å². The van der Waals surface area contributed by atoms with E-state index in [9.17, 15) is 0 Å². The maximum Gasteiger partial charge on any atom is 0.0483 e.